The minimum absolute atomic E-state index is 0.00345. The number of nitrogens with two attached hydrogens (primary N) is 1. The Balaban J connectivity index is 1.28. The summed E-state index contributed by atoms with van der Waals surface area (Å²) in [6.45, 7) is 19.7. The summed E-state index contributed by atoms with van der Waals surface area (Å²) in [5.41, 5.74) is 5.56. The van der Waals surface area contributed by atoms with Gasteiger partial charge in [0.25, 0.3) is 5.91 Å². The van der Waals surface area contributed by atoms with Crippen LogP contribution in [0.3, 0.4) is 0 Å². The van der Waals surface area contributed by atoms with Gasteiger partial charge in [0.15, 0.2) is 35.0 Å². The Labute approximate surface area is 715 Å². The van der Waals surface area contributed by atoms with Crippen LogP contribution in [0, 0.1) is 41.4 Å². The van der Waals surface area contributed by atoms with Gasteiger partial charge in [-0.1, -0.05) is 73.4 Å². The van der Waals surface area contributed by atoms with Gasteiger partial charge in [-0.05, 0) is 116 Å². The van der Waals surface area contributed by atoms with Crippen molar-refractivity contribution < 1.29 is 106 Å². The van der Waals surface area contributed by atoms with Crippen molar-refractivity contribution in [2.75, 3.05) is 64.5 Å². The van der Waals surface area contributed by atoms with Crippen LogP contribution in [0.25, 0.3) is 0 Å². The molecule has 6 rings (SSSR count). The van der Waals surface area contributed by atoms with Crippen LogP contribution in [0.5, 0.6) is 0 Å². The number of esters is 1. The molecule has 5 heterocycles. The number of ketones is 7. The molecule has 3 saturated heterocycles. The molecule has 9 amide bonds. The SMILES string of the molecule is CCC(C)C(CC(=O)C(C)(C)N(C)C)C(=O)N(C)C(CC(OC(C)=O)c1nc(C(=O)NC(Cc2ccc3c(c2)NC(=O)C(C)CC(=O)C(C)NC(=O)CCOCCCC(=O)C2C(C(=O)CCCOCCC(=O)NC(C)C(=O)CC(C)C(=O)C3)N3C(=O)CC(SCSC4CC(=O)N2C4=O)C3=O)CC(C)C(=O)CC(CCCCN)C(=O)O)cs1)C(C)C. The fourth-order valence-electron chi connectivity index (χ4n) is 14.9. The number of carbonyl (C=O) groups is 18. The maximum Gasteiger partial charge on any atom is 0.306 e. The Morgan fingerprint density at radius 2 is 1.27 bits per heavy atom. The molecule has 15 atom stereocenters. The van der Waals surface area contributed by atoms with Crippen LogP contribution in [-0.4, -0.2) is 247 Å². The van der Waals surface area contributed by atoms with Gasteiger partial charge < -0.3 is 51.2 Å². The van der Waals surface area contributed by atoms with E-state index >= 15 is 0 Å². The van der Waals surface area contributed by atoms with Gasteiger partial charge in [-0.2, -0.15) is 0 Å². The molecule has 0 radical (unpaired) electrons. The van der Waals surface area contributed by atoms with E-state index in [1.54, 1.807) is 51.2 Å². The number of carbonyl (C=O) groups excluding carboxylic acids is 17. The summed E-state index contributed by atoms with van der Waals surface area (Å²) >= 11 is 3.23. The molecule has 1 aromatic heterocycles. The Hall–Kier alpha value is -8.35. The molecule has 32 nitrogen and oxygen atoms in total. The summed E-state index contributed by atoms with van der Waals surface area (Å²) in [6.07, 6.45) is -2.71. The number of likely N-dealkylation sites (N-methyl/N-ethyl adjacent to an activating group) is 1. The number of rotatable bonds is 27. The third-order valence-corrected chi connectivity index (χ3v) is 26.9. The summed E-state index contributed by atoms with van der Waals surface area (Å²) in [6, 6.07) is -2.69. The molecule has 0 aliphatic carbocycles. The van der Waals surface area contributed by atoms with Crippen molar-refractivity contribution in [3.63, 3.8) is 0 Å². The van der Waals surface area contributed by atoms with Crippen molar-refractivity contribution in [3.05, 3.63) is 45.4 Å². The van der Waals surface area contributed by atoms with Crippen LogP contribution >= 0.6 is 34.9 Å². The number of fused-ring (bicyclic) bond motifs is 8. The van der Waals surface area contributed by atoms with Gasteiger partial charge in [0.1, 0.15) is 34.4 Å². The molecular weight excluding hydrogens is 1610 g/mol. The van der Waals surface area contributed by atoms with Crippen molar-refractivity contribution in [2.45, 2.75) is 270 Å². The predicted octanol–water partition coefficient (Wildman–Crippen LogP) is 6.94. The Morgan fingerprint density at radius 1 is 0.717 bits per heavy atom. The van der Waals surface area contributed by atoms with Gasteiger partial charge in [-0.15, -0.1) is 34.9 Å². The van der Waals surface area contributed by atoms with Crippen LogP contribution < -0.4 is 27.0 Å². The standard InChI is InChI=1S/C85H124N10O22S3/c1-16-47(4)58(40-71(103)85(11,12)92(13)14)81(110)93(15)61(46(2)3)41-68(117-53(10)96)80-91-60(44-118-80)79(109)89-57(33-48(5)65(100)39-56(84(113)114)21-17-18-28-86)36-54-24-25-55-38-64(99)49(6)34-66(101)51(8)87-72(104)26-31-115-29-19-22-62(97)76-77(95-75(107)43-70(83(95)112)120-45-119-69-42-74(106)94(76)82(69)111)63(98)23-20-30-116-32-27-73(105)88-52(9)67(102)35-50(7)78(108)90-59(55)37-54/h24-25,37,44,46-52,56-58,61,68-70,76-77H,16-23,26-36,38-43,45,86H2,1-15H3,(H,87,104)(H,88,105)(H,89,109)(H,90,108)(H,113,114). The molecule has 664 valence electrons. The monoisotopic (exact) mass is 1730 g/mol. The third kappa shape index (κ3) is 28.6. The molecule has 120 heavy (non-hydrogen) atoms. The number of unbranched alkanes of at least 4 members (excludes halogenated alkanes) is 1. The van der Waals surface area contributed by atoms with Crippen LogP contribution in [0.1, 0.15) is 231 Å². The maximum atomic E-state index is 14.8. The first-order chi connectivity index (χ1) is 56.5. The minimum atomic E-state index is -1.87. The predicted molar refractivity (Wildman–Crippen MR) is 449 cm³/mol. The van der Waals surface area contributed by atoms with Gasteiger partial charge in [0.05, 0.1) is 47.3 Å². The van der Waals surface area contributed by atoms with E-state index in [1.165, 1.54) is 40.0 Å². The molecule has 1 aromatic carbocycles. The highest BCUT2D eigenvalue weighted by atomic mass is 32.2. The average molecular weight is 1730 g/mol. The van der Waals surface area contributed by atoms with E-state index in [0.717, 1.165) is 34.9 Å². The zero-order valence-corrected chi connectivity index (χ0v) is 74.4. The highest BCUT2D eigenvalue weighted by molar-refractivity contribution is 8.17. The number of thiazole rings is 1. The van der Waals surface area contributed by atoms with Crippen LogP contribution in [0.4, 0.5) is 5.69 Å². The number of thioether (sulfide) groups is 2. The maximum absolute atomic E-state index is 14.8. The second kappa shape index (κ2) is 47.3. The number of anilines is 1. The zero-order chi connectivity index (χ0) is 89.3. The molecule has 4 bridgehead atoms. The molecule has 0 spiro atoms. The topological polar surface area (TPSA) is 455 Å². The smallest absolute Gasteiger partial charge is 0.306 e. The fourth-order valence-corrected chi connectivity index (χ4v) is 18.4. The number of imide groups is 2. The summed E-state index contributed by atoms with van der Waals surface area (Å²) in [5, 5.41) is 21.4. The number of Topliss-reactive ketones (excluding diaryl/α,β-unsaturated/α-hetero) is 7. The number of carboxylic acids is 1. The molecular formula is C85H124N10O22S3. The lowest BCUT2D eigenvalue weighted by Gasteiger charge is -2.38. The number of aliphatic carboxylic acids is 1. The average Bonchev–Trinajstić information content (AvgIpc) is 1.60. The van der Waals surface area contributed by atoms with Crippen molar-refractivity contribution in [1.29, 1.82) is 0 Å². The van der Waals surface area contributed by atoms with E-state index in [4.69, 9.17) is 24.9 Å². The summed E-state index contributed by atoms with van der Waals surface area (Å²) in [5.74, 6) is -16.3. The molecule has 2 aromatic rings. The number of aromatic nitrogens is 1. The van der Waals surface area contributed by atoms with E-state index < -0.39 is 195 Å². The van der Waals surface area contributed by atoms with Crippen LogP contribution in [-0.2, 0) is 109 Å². The number of nitrogens with one attached hydrogen (secondary N) is 4. The van der Waals surface area contributed by atoms with Crippen molar-refractivity contribution in [1.82, 2.24) is 40.5 Å². The first-order valence-electron chi connectivity index (χ1n) is 41.6. The molecule has 15 unspecified atom stereocenters. The van der Waals surface area contributed by atoms with Crippen molar-refractivity contribution >= 4 is 146 Å². The van der Waals surface area contributed by atoms with Gasteiger partial charge >= 0.3 is 11.9 Å². The second-order valence-corrected chi connectivity index (χ2v) is 37.0. The summed E-state index contributed by atoms with van der Waals surface area (Å²) in [4.78, 5) is 260. The van der Waals surface area contributed by atoms with E-state index in [9.17, 15) is 91.4 Å². The third-order valence-electron chi connectivity index (χ3n) is 23.3. The molecule has 4 aliphatic heterocycles. The number of hydrogen-bond donors (Lipinski definition) is 6. The summed E-state index contributed by atoms with van der Waals surface area (Å²) < 4.78 is 17.4. The van der Waals surface area contributed by atoms with E-state index in [1.807, 2.05) is 46.4 Å². The Kier molecular flexibility index (Phi) is 39.6. The van der Waals surface area contributed by atoms with Crippen molar-refractivity contribution in [2.24, 2.45) is 47.2 Å². The highest BCUT2D eigenvalue weighted by Gasteiger charge is 2.56. The first kappa shape index (κ1) is 100. The molecule has 7 N–H and O–H groups in total. The van der Waals surface area contributed by atoms with E-state index in [2.05, 4.69) is 21.3 Å². The van der Waals surface area contributed by atoms with Crippen molar-refractivity contribution in [3.8, 4) is 0 Å². The van der Waals surface area contributed by atoms with Gasteiger partial charge in [0.2, 0.25) is 47.3 Å². The van der Waals surface area contributed by atoms with Gasteiger partial charge in [-0.25, -0.2) is 4.98 Å². The number of carboxylic acid groups (broad SMARTS) is 1. The molecule has 0 saturated carbocycles. The van der Waals surface area contributed by atoms with E-state index in [0.29, 0.717) is 41.2 Å². The number of nitrogens with zero attached hydrogens (tertiary/aromatic N) is 5. The molecule has 3 fully saturated rings. The molecule has 35 heteroatoms. The summed E-state index contributed by atoms with van der Waals surface area (Å²) in [7, 11) is 5.27. The highest BCUT2D eigenvalue weighted by Crippen LogP contribution is 2.40. The fraction of sp³-hybridized carbons (Fsp3) is 0.682. The normalized spacial score (nSPS) is 23.9. The van der Waals surface area contributed by atoms with Gasteiger partial charge in [0, 0.05) is 156 Å². The number of ether oxygens (including phenoxy) is 3. The first-order valence-corrected chi connectivity index (χ1v) is 44.6. The Bertz CT molecular complexity index is 4070. The minimum Gasteiger partial charge on any atom is -0.481 e. The lowest BCUT2D eigenvalue weighted by Crippen LogP contribution is -2.62. The second-order valence-electron chi connectivity index (χ2n) is 33.4. The van der Waals surface area contributed by atoms with Crippen LogP contribution in [0.2, 0.25) is 0 Å². The largest absolute Gasteiger partial charge is 0.481 e. The quantitative estimate of drug-likeness (QED) is 0.0299. The zero-order valence-electron chi connectivity index (χ0n) is 72.0. The number of hydrogen-bond acceptors (Lipinski definition) is 27. The lowest BCUT2D eigenvalue weighted by atomic mass is 9.81. The lowest BCUT2D eigenvalue weighted by molar-refractivity contribution is -0.157. The molecule has 4 aliphatic rings. The van der Waals surface area contributed by atoms with E-state index in [-0.39, 0.29) is 173 Å². The number of benzene rings is 1. The van der Waals surface area contributed by atoms with Crippen LogP contribution in [0.15, 0.2) is 23.6 Å². The Morgan fingerprint density at radius 3 is 1.77 bits per heavy atom. The van der Waals surface area contributed by atoms with Gasteiger partial charge in [-0.3, -0.25) is 101 Å². The number of amides is 9.